The largest absolute Gasteiger partial charge is 0.300 e. The minimum atomic E-state index is -0.134. The molecule has 0 atom stereocenters. The highest BCUT2D eigenvalue weighted by Crippen LogP contribution is 2.36. The van der Waals surface area contributed by atoms with Gasteiger partial charge in [-0.2, -0.15) is 0 Å². The van der Waals surface area contributed by atoms with Crippen LogP contribution in [0.3, 0.4) is 0 Å². The molecule has 0 aliphatic heterocycles. The monoisotopic (exact) mass is 448 g/mol. The Kier molecular flexibility index (Phi) is 6.53. The van der Waals surface area contributed by atoms with Crippen molar-refractivity contribution in [3.63, 3.8) is 0 Å². The number of nitrogens with zero attached hydrogens (tertiary/aromatic N) is 3. The molecule has 0 aliphatic rings. The molecular formula is C24H24N4OS2. The highest BCUT2D eigenvalue weighted by Gasteiger charge is 2.18. The molecule has 4 rings (SSSR count). The fourth-order valence-corrected chi connectivity index (χ4v) is 5.22. The molecule has 2 heterocycles. The first-order valence-corrected chi connectivity index (χ1v) is 11.9. The lowest BCUT2D eigenvalue weighted by atomic mass is 10.1. The summed E-state index contributed by atoms with van der Waals surface area (Å²) in [5, 5.41) is 13.6. The second-order valence-electron chi connectivity index (χ2n) is 7.85. The molecule has 0 fully saturated rings. The van der Waals surface area contributed by atoms with E-state index < -0.39 is 0 Å². The maximum Gasteiger partial charge on any atom is 0.232 e. The molecule has 158 valence electrons. The van der Waals surface area contributed by atoms with Gasteiger partial charge in [0.1, 0.15) is 10.0 Å². The number of aryl methyl sites for hydroxylation is 1. The molecule has 2 aromatic carbocycles. The maximum atomic E-state index is 12.8. The van der Waals surface area contributed by atoms with Gasteiger partial charge in [-0.25, -0.2) is 4.98 Å². The van der Waals surface area contributed by atoms with Crippen molar-refractivity contribution >= 4 is 33.7 Å². The SMILES string of the molecule is Cc1ccc(-c2sc(-c3ccccc3)nc2CC(=O)Nc2nnc(CC(C)C)s2)cc1. The number of thiazole rings is 1. The molecule has 0 unspecified atom stereocenters. The van der Waals surface area contributed by atoms with Gasteiger partial charge in [0, 0.05) is 12.0 Å². The summed E-state index contributed by atoms with van der Waals surface area (Å²) in [7, 11) is 0. The van der Waals surface area contributed by atoms with Crippen LogP contribution in [0.15, 0.2) is 54.6 Å². The third-order valence-corrected chi connectivity index (χ3v) is 6.71. The van der Waals surface area contributed by atoms with E-state index in [1.54, 1.807) is 11.3 Å². The summed E-state index contributed by atoms with van der Waals surface area (Å²) in [5.74, 6) is 0.366. The number of hydrogen-bond acceptors (Lipinski definition) is 6. The molecule has 4 aromatic rings. The van der Waals surface area contributed by atoms with E-state index in [2.05, 4.69) is 60.6 Å². The summed E-state index contributed by atoms with van der Waals surface area (Å²) in [6.45, 7) is 6.34. The number of nitrogens with one attached hydrogen (secondary N) is 1. The van der Waals surface area contributed by atoms with Gasteiger partial charge >= 0.3 is 0 Å². The van der Waals surface area contributed by atoms with Crippen LogP contribution in [0.25, 0.3) is 21.0 Å². The number of amides is 1. The van der Waals surface area contributed by atoms with Crippen molar-refractivity contribution < 1.29 is 4.79 Å². The van der Waals surface area contributed by atoms with E-state index in [0.717, 1.165) is 38.1 Å². The first-order valence-electron chi connectivity index (χ1n) is 10.2. The molecule has 0 saturated carbocycles. The van der Waals surface area contributed by atoms with E-state index >= 15 is 0 Å². The summed E-state index contributed by atoms with van der Waals surface area (Å²) >= 11 is 3.05. The molecule has 0 bridgehead atoms. The van der Waals surface area contributed by atoms with Gasteiger partial charge in [-0.1, -0.05) is 85.3 Å². The summed E-state index contributed by atoms with van der Waals surface area (Å²) in [5.41, 5.74) is 4.10. The number of carbonyl (C=O) groups is 1. The van der Waals surface area contributed by atoms with Crippen molar-refractivity contribution in [2.75, 3.05) is 5.32 Å². The smallest absolute Gasteiger partial charge is 0.232 e. The standard InChI is InChI=1S/C24H24N4OS2/c1-15(2)13-21-27-28-24(30-21)26-20(29)14-19-22(17-11-9-16(3)10-12-17)31-23(25-19)18-7-5-4-6-8-18/h4-12,15H,13-14H2,1-3H3,(H,26,28,29). The van der Waals surface area contributed by atoms with Crippen LogP contribution in [-0.2, 0) is 17.6 Å². The third-order valence-electron chi connectivity index (χ3n) is 4.66. The molecule has 2 aromatic heterocycles. The summed E-state index contributed by atoms with van der Waals surface area (Å²) in [4.78, 5) is 18.6. The van der Waals surface area contributed by atoms with Crippen LogP contribution in [0, 0.1) is 12.8 Å². The van der Waals surface area contributed by atoms with Gasteiger partial charge in [-0.05, 0) is 18.4 Å². The normalized spacial score (nSPS) is 11.1. The molecule has 1 amide bonds. The Morgan fingerprint density at radius 3 is 2.42 bits per heavy atom. The van der Waals surface area contributed by atoms with E-state index in [9.17, 15) is 4.79 Å². The number of anilines is 1. The second-order valence-corrected chi connectivity index (χ2v) is 9.91. The first-order chi connectivity index (χ1) is 15.0. The summed E-state index contributed by atoms with van der Waals surface area (Å²) in [6.07, 6.45) is 1.04. The van der Waals surface area contributed by atoms with Crippen molar-refractivity contribution in [3.05, 3.63) is 70.9 Å². The van der Waals surface area contributed by atoms with Crippen LogP contribution in [0.4, 0.5) is 5.13 Å². The van der Waals surface area contributed by atoms with E-state index in [4.69, 9.17) is 4.98 Å². The number of rotatable bonds is 7. The summed E-state index contributed by atoms with van der Waals surface area (Å²) in [6, 6.07) is 18.4. The van der Waals surface area contributed by atoms with Crippen molar-refractivity contribution in [2.45, 2.75) is 33.6 Å². The van der Waals surface area contributed by atoms with Gasteiger partial charge < -0.3 is 5.32 Å². The lowest BCUT2D eigenvalue weighted by Gasteiger charge is -2.03. The van der Waals surface area contributed by atoms with Crippen LogP contribution >= 0.6 is 22.7 Å². The van der Waals surface area contributed by atoms with Crippen molar-refractivity contribution in [1.82, 2.24) is 15.2 Å². The number of aromatic nitrogens is 3. The molecular weight excluding hydrogens is 424 g/mol. The zero-order valence-corrected chi connectivity index (χ0v) is 19.4. The molecule has 0 radical (unpaired) electrons. The van der Waals surface area contributed by atoms with Gasteiger partial charge in [0.2, 0.25) is 11.0 Å². The number of benzene rings is 2. The quantitative estimate of drug-likeness (QED) is 0.375. The van der Waals surface area contributed by atoms with E-state index in [-0.39, 0.29) is 12.3 Å². The molecule has 0 spiro atoms. The minimum absolute atomic E-state index is 0.134. The average Bonchev–Trinajstić information content (AvgIpc) is 3.36. The molecule has 7 heteroatoms. The van der Waals surface area contributed by atoms with E-state index in [0.29, 0.717) is 11.0 Å². The van der Waals surface area contributed by atoms with Crippen LogP contribution < -0.4 is 5.32 Å². The lowest BCUT2D eigenvalue weighted by molar-refractivity contribution is -0.115. The minimum Gasteiger partial charge on any atom is -0.300 e. The van der Waals surface area contributed by atoms with Crippen LogP contribution in [0.5, 0.6) is 0 Å². The second kappa shape index (κ2) is 9.49. The highest BCUT2D eigenvalue weighted by molar-refractivity contribution is 7.18. The first kappa shape index (κ1) is 21.3. The zero-order valence-electron chi connectivity index (χ0n) is 17.8. The van der Waals surface area contributed by atoms with Gasteiger partial charge in [0.25, 0.3) is 0 Å². The van der Waals surface area contributed by atoms with Crippen LogP contribution in [0.1, 0.15) is 30.1 Å². The molecule has 5 nitrogen and oxygen atoms in total. The van der Waals surface area contributed by atoms with Crippen LogP contribution in [-0.4, -0.2) is 21.1 Å². The number of carbonyl (C=O) groups excluding carboxylic acids is 1. The topological polar surface area (TPSA) is 67.8 Å². The van der Waals surface area contributed by atoms with E-state index in [1.807, 2.05) is 30.3 Å². The van der Waals surface area contributed by atoms with Gasteiger partial charge in [-0.15, -0.1) is 21.5 Å². The Balaban J connectivity index is 1.58. The third kappa shape index (κ3) is 5.42. The fraction of sp³-hybridized carbons (Fsp3) is 0.250. The lowest BCUT2D eigenvalue weighted by Crippen LogP contribution is -2.15. The predicted molar refractivity (Wildman–Crippen MR) is 129 cm³/mol. The average molecular weight is 449 g/mol. The van der Waals surface area contributed by atoms with Gasteiger partial charge in [0.15, 0.2) is 0 Å². The Morgan fingerprint density at radius 1 is 0.968 bits per heavy atom. The van der Waals surface area contributed by atoms with Crippen LogP contribution in [0.2, 0.25) is 0 Å². The molecule has 0 saturated heterocycles. The fourth-order valence-electron chi connectivity index (χ4n) is 3.16. The molecule has 1 N–H and O–H groups in total. The molecule has 31 heavy (non-hydrogen) atoms. The number of hydrogen-bond donors (Lipinski definition) is 1. The Hall–Kier alpha value is -2.90. The molecule has 0 aliphatic carbocycles. The van der Waals surface area contributed by atoms with Crippen molar-refractivity contribution in [2.24, 2.45) is 5.92 Å². The van der Waals surface area contributed by atoms with Crippen molar-refractivity contribution in [1.29, 1.82) is 0 Å². The highest BCUT2D eigenvalue weighted by atomic mass is 32.1. The van der Waals surface area contributed by atoms with Gasteiger partial charge in [0.05, 0.1) is 17.0 Å². The Morgan fingerprint density at radius 2 is 1.71 bits per heavy atom. The van der Waals surface area contributed by atoms with Crippen molar-refractivity contribution in [3.8, 4) is 21.0 Å². The summed E-state index contributed by atoms with van der Waals surface area (Å²) < 4.78 is 0. The predicted octanol–water partition coefficient (Wildman–Crippen LogP) is 6.02. The maximum absolute atomic E-state index is 12.8. The van der Waals surface area contributed by atoms with E-state index in [1.165, 1.54) is 16.9 Å². The Bertz CT molecular complexity index is 1160. The zero-order chi connectivity index (χ0) is 21.8. The van der Waals surface area contributed by atoms with Gasteiger partial charge in [-0.3, -0.25) is 4.79 Å². The Labute approximate surface area is 190 Å².